The number of thioether (sulfide) groups is 1. The van der Waals surface area contributed by atoms with E-state index in [1.807, 2.05) is 10.6 Å². The average Bonchev–Trinajstić information content (AvgIpc) is 2.98. The van der Waals surface area contributed by atoms with Gasteiger partial charge in [0.1, 0.15) is 12.1 Å². The van der Waals surface area contributed by atoms with Crippen LogP contribution in [0.4, 0.5) is 13.2 Å². The van der Waals surface area contributed by atoms with Crippen LogP contribution in [0, 0.1) is 0 Å². The van der Waals surface area contributed by atoms with Crippen LogP contribution in [0.15, 0.2) is 35.7 Å². The maximum Gasteiger partial charge on any atom is 0.422 e. The summed E-state index contributed by atoms with van der Waals surface area (Å²) in [5.41, 5.74) is 0.853. The standard InChI is InChI=1S/C15H18F3N3O2S/c1-22-7-3-6-21-11-19-20-14(21)24-9-12-4-2-5-13(8-12)23-10-15(16,17)18/h2,4-5,8,11H,3,6-7,9-10H2,1H3. The van der Waals surface area contributed by atoms with Crippen LogP contribution in [0.1, 0.15) is 12.0 Å². The molecule has 1 heterocycles. The fraction of sp³-hybridized carbons (Fsp3) is 0.467. The predicted octanol–water partition coefficient (Wildman–Crippen LogP) is 3.55. The molecule has 0 unspecified atom stereocenters. The van der Waals surface area contributed by atoms with Crippen LogP contribution < -0.4 is 4.74 Å². The summed E-state index contributed by atoms with van der Waals surface area (Å²) in [7, 11) is 1.65. The fourth-order valence-corrected chi connectivity index (χ4v) is 2.81. The number of nitrogens with zero attached hydrogens (tertiary/aromatic N) is 3. The highest BCUT2D eigenvalue weighted by Gasteiger charge is 2.28. The first-order chi connectivity index (χ1) is 11.5. The molecule has 132 valence electrons. The van der Waals surface area contributed by atoms with Gasteiger partial charge < -0.3 is 14.0 Å². The summed E-state index contributed by atoms with van der Waals surface area (Å²) in [5.74, 6) is 0.763. The van der Waals surface area contributed by atoms with Crippen LogP contribution in [-0.4, -0.2) is 41.3 Å². The molecule has 0 spiro atoms. The van der Waals surface area contributed by atoms with Crippen LogP contribution in [0.3, 0.4) is 0 Å². The zero-order valence-electron chi connectivity index (χ0n) is 13.1. The van der Waals surface area contributed by atoms with Gasteiger partial charge in [0.25, 0.3) is 0 Å². The number of hydrogen-bond acceptors (Lipinski definition) is 5. The SMILES string of the molecule is COCCCn1cnnc1SCc1cccc(OCC(F)(F)F)c1. The minimum Gasteiger partial charge on any atom is -0.484 e. The fourth-order valence-electron chi connectivity index (χ4n) is 1.93. The third-order valence-electron chi connectivity index (χ3n) is 3.00. The van der Waals surface area contributed by atoms with Crippen molar-refractivity contribution >= 4 is 11.8 Å². The van der Waals surface area contributed by atoms with Crippen molar-refractivity contribution in [2.45, 2.75) is 30.1 Å². The number of aromatic nitrogens is 3. The number of aryl methyl sites for hydroxylation is 1. The topological polar surface area (TPSA) is 49.2 Å². The summed E-state index contributed by atoms with van der Waals surface area (Å²) >= 11 is 1.47. The molecule has 0 aliphatic carbocycles. The van der Waals surface area contributed by atoms with Crippen LogP contribution in [-0.2, 0) is 17.0 Å². The van der Waals surface area contributed by atoms with E-state index in [4.69, 9.17) is 9.47 Å². The highest BCUT2D eigenvalue weighted by molar-refractivity contribution is 7.98. The zero-order valence-corrected chi connectivity index (χ0v) is 13.9. The van der Waals surface area contributed by atoms with Crippen LogP contribution >= 0.6 is 11.8 Å². The number of benzene rings is 1. The van der Waals surface area contributed by atoms with Crippen molar-refractivity contribution in [3.63, 3.8) is 0 Å². The molecule has 24 heavy (non-hydrogen) atoms. The Morgan fingerprint density at radius 2 is 2.12 bits per heavy atom. The van der Waals surface area contributed by atoms with Crippen molar-refractivity contribution in [3.8, 4) is 5.75 Å². The molecule has 0 aliphatic heterocycles. The lowest BCUT2D eigenvalue weighted by molar-refractivity contribution is -0.153. The maximum absolute atomic E-state index is 12.2. The molecule has 1 aromatic carbocycles. The Kier molecular flexibility index (Phi) is 6.92. The minimum absolute atomic E-state index is 0.201. The Morgan fingerprint density at radius 3 is 2.88 bits per heavy atom. The molecule has 0 N–H and O–H groups in total. The summed E-state index contributed by atoms with van der Waals surface area (Å²) < 4.78 is 48.3. The van der Waals surface area contributed by atoms with Gasteiger partial charge in [-0.2, -0.15) is 13.2 Å². The van der Waals surface area contributed by atoms with Gasteiger partial charge in [0.15, 0.2) is 11.8 Å². The van der Waals surface area contributed by atoms with Gasteiger partial charge in [0.05, 0.1) is 0 Å². The monoisotopic (exact) mass is 361 g/mol. The van der Waals surface area contributed by atoms with Gasteiger partial charge in [0, 0.05) is 26.0 Å². The normalized spacial score (nSPS) is 11.7. The van der Waals surface area contributed by atoms with Gasteiger partial charge >= 0.3 is 6.18 Å². The lowest BCUT2D eigenvalue weighted by atomic mass is 10.2. The Balaban J connectivity index is 1.89. The first-order valence-corrected chi connectivity index (χ1v) is 8.24. The van der Waals surface area contributed by atoms with E-state index in [0.717, 1.165) is 23.7 Å². The number of alkyl halides is 3. The number of ether oxygens (including phenoxy) is 2. The van der Waals surface area contributed by atoms with E-state index in [2.05, 4.69) is 10.2 Å². The molecule has 2 rings (SSSR count). The molecule has 1 aromatic heterocycles. The van der Waals surface area contributed by atoms with E-state index in [9.17, 15) is 13.2 Å². The van der Waals surface area contributed by atoms with Crippen molar-refractivity contribution in [3.05, 3.63) is 36.2 Å². The lowest BCUT2D eigenvalue weighted by Crippen LogP contribution is -2.19. The van der Waals surface area contributed by atoms with E-state index in [-0.39, 0.29) is 5.75 Å². The first kappa shape index (κ1) is 18.6. The molecule has 0 saturated carbocycles. The molecular weight excluding hydrogens is 343 g/mol. The third kappa shape index (κ3) is 6.40. The quantitative estimate of drug-likeness (QED) is 0.505. The Bertz CT molecular complexity index is 634. The lowest BCUT2D eigenvalue weighted by Gasteiger charge is -2.10. The van der Waals surface area contributed by atoms with E-state index in [0.29, 0.717) is 12.4 Å². The van der Waals surface area contributed by atoms with E-state index in [1.54, 1.807) is 25.6 Å². The zero-order chi connectivity index (χ0) is 17.4. The Labute approximate surface area is 142 Å². The van der Waals surface area contributed by atoms with Crippen LogP contribution in [0.2, 0.25) is 0 Å². The van der Waals surface area contributed by atoms with Crippen molar-refractivity contribution in [1.82, 2.24) is 14.8 Å². The molecule has 0 saturated heterocycles. The molecule has 0 amide bonds. The first-order valence-electron chi connectivity index (χ1n) is 7.26. The summed E-state index contributed by atoms with van der Waals surface area (Å²) in [6.45, 7) is 0.107. The van der Waals surface area contributed by atoms with Gasteiger partial charge in [-0.1, -0.05) is 23.9 Å². The number of rotatable bonds is 9. The highest BCUT2D eigenvalue weighted by Crippen LogP contribution is 2.24. The summed E-state index contributed by atoms with van der Waals surface area (Å²) in [4.78, 5) is 0. The van der Waals surface area contributed by atoms with Crippen LogP contribution in [0.25, 0.3) is 0 Å². The molecule has 5 nitrogen and oxygen atoms in total. The molecule has 2 aromatic rings. The second-order valence-electron chi connectivity index (χ2n) is 4.99. The smallest absolute Gasteiger partial charge is 0.422 e. The number of hydrogen-bond donors (Lipinski definition) is 0. The largest absolute Gasteiger partial charge is 0.484 e. The van der Waals surface area contributed by atoms with Gasteiger partial charge in [-0.05, 0) is 24.1 Å². The average molecular weight is 361 g/mol. The Morgan fingerprint density at radius 1 is 1.29 bits per heavy atom. The van der Waals surface area contributed by atoms with Gasteiger partial charge in [-0.3, -0.25) is 0 Å². The van der Waals surface area contributed by atoms with E-state index < -0.39 is 12.8 Å². The molecule has 0 atom stereocenters. The van der Waals surface area contributed by atoms with E-state index >= 15 is 0 Å². The van der Waals surface area contributed by atoms with Crippen LogP contribution in [0.5, 0.6) is 5.75 Å². The number of methoxy groups -OCH3 is 1. The van der Waals surface area contributed by atoms with Crippen molar-refractivity contribution in [2.24, 2.45) is 0 Å². The molecule has 0 aliphatic rings. The number of halogens is 3. The molecule has 9 heteroatoms. The van der Waals surface area contributed by atoms with Crippen molar-refractivity contribution in [1.29, 1.82) is 0 Å². The van der Waals surface area contributed by atoms with Gasteiger partial charge in [-0.15, -0.1) is 10.2 Å². The highest BCUT2D eigenvalue weighted by atomic mass is 32.2. The minimum atomic E-state index is -4.34. The van der Waals surface area contributed by atoms with E-state index in [1.165, 1.54) is 17.8 Å². The molecule has 0 bridgehead atoms. The molecule has 0 fully saturated rings. The predicted molar refractivity (Wildman–Crippen MR) is 84.1 cm³/mol. The summed E-state index contributed by atoms with van der Waals surface area (Å²) in [5, 5.41) is 8.70. The maximum atomic E-state index is 12.2. The summed E-state index contributed by atoms with van der Waals surface area (Å²) in [6.07, 6.45) is -1.84. The van der Waals surface area contributed by atoms with Gasteiger partial charge in [0.2, 0.25) is 0 Å². The van der Waals surface area contributed by atoms with Gasteiger partial charge in [-0.25, -0.2) is 0 Å². The third-order valence-corrected chi connectivity index (χ3v) is 4.05. The van der Waals surface area contributed by atoms with Crippen molar-refractivity contribution in [2.75, 3.05) is 20.3 Å². The second-order valence-corrected chi connectivity index (χ2v) is 5.94. The van der Waals surface area contributed by atoms with Crippen molar-refractivity contribution < 1.29 is 22.6 Å². The summed E-state index contributed by atoms with van der Waals surface area (Å²) in [6, 6.07) is 6.61. The Hall–Kier alpha value is -1.74. The second kappa shape index (κ2) is 8.93. The molecular formula is C15H18F3N3O2S. The molecule has 0 radical (unpaired) electrons.